The van der Waals surface area contributed by atoms with Gasteiger partial charge in [-0.3, -0.25) is 4.79 Å². The number of carbonyl (C=O) groups is 1. The molecule has 0 spiro atoms. The van der Waals surface area contributed by atoms with E-state index in [1.165, 1.54) is 0 Å². The third-order valence-corrected chi connectivity index (χ3v) is 3.86. The molecule has 0 saturated heterocycles. The van der Waals surface area contributed by atoms with Crippen LogP contribution in [0.1, 0.15) is 58.8 Å². The summed E-state index contributed by atoms with van der Waals surface area (Å²) < 4.78 is 0. The Hall–Kier alpha value is -1.30. The van der Waals surface area contributed by atoms with Crippen LogP contribution in [0.5, 0.6) is 0 Å². The highest BCUT2D eigenvalue weighted by molar-refractivity contribution is 6.06. The normalized spacial score (nSPS) is 12.5. The predicted octanol–water partition coefficient (Wildman–Crippen LogP) is 1.94. The van der Waals surface area contributed by atoms with Crippen LogP contribution >= 0.6 is 0 Å². The Labute approximate surface area is 128 Å². The van der Waals surface area contributed by atoms with Crippen molar-refractivity contribution >= 4 is 11.7 Å². The second kappa shape index (κ2) is 10.4. The summed E-state index contributed by atoms with van der Waals surface area (Å²) in [5, 5.41) is 21.0. The van der Waals surface area contributed by atoms with Crippen LogP contribution < -0.4 is 5.73 Å². The number of rotatable bonds is 11. The highest BCUT2D eigenvalue weighted by Crippen LogP contribution is 2.32. The Morgan fingerprint density at radius 3 is 2.19 bits per heavy atom. The van der Waals surface area contributed by atoms with Gasteiger partial charge in [-0.15, -0.1) is 0 Å². The molecule has 0 aromatic carbocycles. The maximum absolute atomic E-state index is 12.8. The van der Waals surface area contributed by atoms with Crippen LogP contribution in [-0.2, 0) is 4.79 Å². The number of amides is 1. The van der Waals surface area contributed by atoms with E-state index in [0.29, 0.717) is 19.4 Å². The Morgan fingerprint density at radius 2 is 1.76 bits per heavy atom. The summed E-state index contributed by atoms with van der Waals surface area (Å²) in [6.45, 7) is 4.78. The van der Waals surface area contributed by atoms with Gasteiger partial charge in [0.1, 0.15) is 5.41 Å². The van der Waals surface area contributed by atoms with Crippen LogP contribution in [0, 0.1) is 5.41 Å². The highest BCUT2D eigenvalue weighted by Gasteiger charge is 2.43. The minimum absolute atomic E-state index is 0.0124. The Kier molecular flexibility index (Phi) is 9.78. The summed E-state index contributed by atoms with van der Waals surface area (Å²) in [6, 6.07) is 0. The molecule has 0 aliphatic carbocycles. The van der Waals surface area contributed by atoms with Gasteiger partial charge in [0.05, 0.1) is 0 Å². The SMILES string of the molecule is CCCC(CCC)(C(=O)N(C)CCCCCO)C(N)=NO. The molecule has 21 heavy (non-hydrogen) atoms. The zero-order valence-corrected chi connectivity index (χ0v) is 13.6. The first-order valence-corrected chi connectivity index (χ1v) is 7.84. The molecule has 4 N–H and O–H groups in total. The van der Waals surface area contributed by atoms with Gasteiger partial charge in [-0.1, -0.05) is 31.8 Å². The third-order valence-electron chi connectivity index (χ3n) is 3.86. The minimum atomic E-state index is -0.899. The van der Waals surface area contributed by atoms with Crippen LogP contribution in [0.2, 0.25) is 0 Å². The molecule has 0 radical (unpaired) electrons. The number of carbonyl (C=O) groups excluding carboxylic acids is 1. The fourth-order valence-corrected chi connectivity index (χ4v) is 2.76. The van der Waals surface area contributed by atoms with Gasteiger partial charge in [-0.25, -0.2) is 0 Å². The van der Waals surface area contributed by atoms with E-state index in [1.807, 2.05) is 13.8 Å². The monoisotopic (exact) mass is 301 g/mol. The second-order valence-electron chi connectivity index (χ2n) is 5.58. The number of hydrogen-bond donors (Lipinski definition) is 3. The molecule has 0 aromatic heterocycles. The van der Waals surface area contributed by atoms with E-state index < -0.39 is 5.41 Å². The highest BCUT2D eigenvalue weighted by atomic mass is 16.4. The van der Waals surface area contributed by atoms with Crippen molar-refractivity contribution in [3.63, 3.8) is 0 Å². The maximum Gasteiger partial charge on any atom is 0.236 e. The van der Waals surface area contributed by atoms with Crippen molar-refractivity contribution in [2.45, 2.75) is 58.8 Å². The van der Waals surface area contributed by atoms with Gasteiger partial charge in [-0.05, 0) is 32.1 Å². The molecule has 1 amide bonds. The molecule has 0 unspecified atom stereocenters. The summed E-state index contributed by atoms with van der Waals surface area (Å²) in [4.78, 5) is 14.5. The summed E-state index contributed by atoms with van der Waals surface area (Å²) in [6.07, 6.45) is 5.21. The van der Waals surface area contributed by atoms with Gasteiger partial charge in [0, 0.05) is 20.2 Å². The fraction of sp³-hybridized carbons (Fsp3) is 0.867. The number of nitrogens with zero attached hydrogens (tertiary/aromatic N) is 2. The number of hydrogen-bond acceptors (Lipinski definition) is 4. The summed E-state index contributed by atoms with van der Waals surface area (Å²) in [5.41, 5.74) is 4.96. The van der Waals surface area contributed by atoms with Crippen molar-refractivity contribution in [3.8, 4) is 0 Å². The number of unbranched alkanes of at least 4 members (excludes halogenated alkanes) is 2. The molecule has 0 aliphatic heterocycles. The molecule has 0 bridgehead atoms. The lowest BCUT2D eigenvalue weighted by atomic mass is 9.76. The topological polar surface area (TPSA) is 99.2 Å². The van der Waals surface area contributed by atoms with E-state index in [2.05, 4.69) is 5.16 Å². The van der Waals surface area contributed by atoms with Crippen molar-refractivity contribution in [1.29, 1.82) is 0 Å². The molecule has 0 saturated carbocycles. The molecule has 124 valence electrons. The maximum atomic E-state index is 12.8. The van der Waals surface area contributed by atoms with Gasteiger partial charge in [0.15, 0.2) is 5.84 Å². The lowest BCUT2D eigenvalue weighted by molar-refractivity contribution is -0.138. The van der Waals surface area contributed by atoms with Crippen molar-refractivity contribution < 1.29 is 15.1 Å². The largest absolute Gasteiger partial charge is 0.409 e. The first kappa shape index (κ1) is 19.7. The van der Waals surface area contributed by atoms with E-state index in [4.69, 9.17) is 16.0 Å². The fourth-order valence-electron chi connectivity index (χ4n) is 2.76. The number of amidine groups is 1. The lowest BCUT2D eigenvalue weighted by Gasteiger charge is -2.34. The smallest absolute Gasteiger partial charge is 0.236 e. The van der Waals surface area contributed by atoms with Crippen molar-refractivity contribution in [2.24, 2.45) is 16.3 Å². The van der Waals surface area contributed by atoms with Crippen molar-refractivity contribution in [1.82, 2.24) is 4.90 Å². The molecule has 0 aromatic rings. The quantitative estimate of drug-likeness (QED) is 0.178. The van der Waals surface area contributed by atoms with E-state index in [9.17, 15) is 4.79 Å². The molecule has 0 heterocycles. The molecular weight excluding hydrogens is 270 g/mol. The zero-order valence-electron chi connectivity index (χ0n) is 13.6. The van der Waals surface area contributed by atoms with Crippen LogP contribution in [0.3, 0.4) is 0 Å². The van der Waals surface area contributed by atoms with Crippen molar-refractivity contribution in [2.75, 3.05) is 20.2 Å². The molecule has 6 nitrogen and oxygen atoms in total. The first-order valence-electron chi connectivity index (χ1n) is 7.84. The summed E-state index contributed by atoms with van der Waals surface area (Å²) in [5.74, 6) is -0.0658. The van der Waals surface area contributed by atoms with E-state index in [1.54, 1.807) is 11.9 Å². The number of nitrogens with two attached hydrogens (primary N) is 1. The Bertz CT molecular complexity index is 326. The van der Waals surface area contributed by atoms with E-state index in [-0.39, 0.29) is 18.3 Å². The minimum Gasteiger partial charge on any atom is -0.409 e. The van der Waals surface area contributed by atoms with Gasteiger partial charge in [-0.2, -0.15) is 0 Å². The first-order chi connectivity index (χ1) is 9.99. The van der Waals surface area contributed by atoms with Crippen molar-refractivity contribution in [3.05, 3.63) is 0 Å². The second-order valence-corrected chi connectivity index (χ2v) is 5.58. The van der Waals surface area contributed by atoms with Crippen LogP contribution in [0.25, 0.3) is 0 Å². The lowest BCUT2D eigenvalue weighted by Crippen LogP contribution is -2.50. The van der Waals surface area contributed by atoms with E-state index in [0.717, 1.165) is 32.1 Å². The Balaban J connectivity index is 5.00. The predicted molar refractivity (Wildman–Crippen MR) is 84.2 cm³/mol. The van der Waals surface area contributed by atoms with Crippen LogP contribution in [-0.4, -0.2) is 47.2 Å². The van der Waals surface area contributed by atoms with Crippen LogP contribution in [0.4, 0.5) is 0 Å². The molecule has 0 fully saturated rings. The summed E-state index contributed by atoms with van der Waals surface area (Å²) in [7, 11) is 1.76. The zero-order chi connectivity index (χ0) is 16.3. The molecule has 0 atom stereocenters. The Morgan fingerprint density at radius 1 is 1.19 bits per heavy atom. The average molecular weight is 301 g/mol. The van der Waals surface area contributed by atoms with Gasteiger partial charge >= 0.3 is 0 Å². The number of aliphatic hydroxyl groups is 1. The van der Waals surface area contributed by atoms with Gasteiger partial charge < -0.3 is 20.9 Å². The van der Waals surface area contributed by atoms with E-state index >= 15 is 0 Å². The number of aliphatic hydroxyl groups excluding tert-OH is 1. The molecular formula is C15H31N3O3. The van der Waals surface area contributed by atoms with Gasteiger partial charge in [0.25, 0.3) is 0 Å². The average Bonchev–Trinajstić information content (AvgIpc) is 2.49. The van der Waals surface area contributed by atoms with Crippen LogP contribution in [0.15, 0.2) is 5.16 Å². The standard InChI is InChI=1S/C15H31N3O3/c1-4-9-15(10-5-2,13(16)17-21)14(20)18(3)11-7-6-8-12-19/h19,21H,4-12H2,1-3H3,(H2,16,17). The number of oxime groups is 1. The van der Waals surface area contributed by atoms with Gasteiger partial charge in [0.2, 0.25) is 5.91 Å². The molecule has 6 heteroatoms. The third kappa shape index (κ3) is 5.53. The summed E-state index contributed by atoms with van der Waals surface area (Å²) >= 11 is 0. The molecule has 0 rings (SSSR count). The molecule has 0 aliphatic rings.